The monoisotopic (exact) mass is 369 g/mol. The summed E-state index contributed by atoms with van der Waals surface area (Å²) in [6.45, 7) is 4.08. The van der Waals surface area contributed by atoms with E-state index in [0.717, 1.165) is 11.3 Å². The number of benzene rings is 1. The van der Waals surface area contributed by atoms with Crippen LogP contribution in [0.2, 0.25) is 0 Å². The van der Waals surface area contributed by atoms with Gasteiger partial charge in [-0.25, -0.2) is 0 Å². The second-order valence-corrected chi connectivity index (χ2v) is 7.24. The Morgan fingerprint density at radius 3 is 3.00 bits per heavy atom. The van der Waals surface area contributed by atoms with Crippen LogP contribution in [0.5, 0.6) is 0 Å². The first-order chi connectivity index (χ1) is 12.1. The number of thiophene rings is 1. The molecule has 8 heteroatoms. The summed E-state index contributed by atoms with van der Waals surface area (Å²) in [5.41, 5.74) is 3.76. The van der Waals surface area contributed by atoms with Crippen LogP contribution in [0, 0.1) is 25.2 Å². The highest BCUT2D eigenvalue weighted by atomic mass is 32.2. The maximum Gasteiger partial charge on any atom is 0.235 e. The Balaban J connectivity index is 1.70. The van der Waals surface area contributed by atoms with E-state index in [9.17, 15) is 4.79 Å². The SMILES string of the molecule is Cc1ccc(-n2cnnc2SCC(=O)Nc2sccc2C#N)c(C)c1. The molecule has 6 nitrogen and oxygen atoms in total. The number of hydrogen-bond acceptors (Lipinski definition) is 6. The standard InChI is InChI=1S/C17H15N5OS2/c1-11-3-4-14(12(2)7-11)22-10-19-21-17(22)25-9-15(23)20-16-13(8-18)5-6-24-16/h3-7,10H,9H2,1-2H3,(H,20,23). The lowest BCUT2D eigenvalue weighted by Crippen LogP contribution is -2.14. The summed E-state index contributed by atoms with van der Waals surface area (Å²) < 4.78 is 1.87. The van der Waals surface area contributed by atoms with E-state index in [2.05, 4.69) is 27.6 Å². The fourth-order valence-electron chi connectivity index (χ4n) is 2.35. The summed E-state index contributed by atoms with van der Waals surface area (Å²) in [4.78, 5) is 12.1. The van der Waals surface area contributed by atoms with Crippen molar-refractivity contribution in [2.75, 3.05) is 11.1 Å². The minimum Gasteiger partial charge on any atom is -0.316 e. The quantitative estimate of drug-likeness (QED) is 0.695. The fraction of sp³-hybridized carbons (Fsp3) is 0.176. The van der Waals surface area contributed by atoms with E-state index in [1.165, 1.54) is 28.7 Å². The van der Waals surface area contributed by atoms with Crippen LogP contribution >= 0.6 is 23.1 Å². The molecule has 1 aromatic carbocycles. The van der Waals surface area contributed by atoms with Crippen molar-refractivity contribution in [1.29, 1.82) is 5.26 Å². The molecule has 0 fully saturated rings. The lowest BCUT2D eigenvalue weighted by atomic mass is 10.1. The number of carbonyl (C=O) groups excluding carboxylic acids is 1. The molecule has 0 spiro atoms. The molecule has 126 valence electrons. The molecule has 2 heterocycles. The zero-order valence-corrected chi connectivity index (χ0v) is 15.3. The maximum absolute atomic E-state index is 12.1. The smallest absolute Gasteiger partial charge is 0.235 e. The maximum atomic E-state index is 12.1. The van der Waals surface area contributed by atoms with E-state index in [-0.39, 0.29) is 11.7 Å². The molecule has 3 rings (SSSR count). The van der Waals surface area contributed by atoms with Gasteiger partial charge in [0.15, 0.2) is 5.16 Å². The van der Waals surface area contributed by atoms with Crippen LogP contribution in [-0.2, 0) is 4.79 Å². The Labute approximate surface area is 153 Å². The van der Waals surface area contributed by atoms with Crippen molar-refractivity contribution in [2.24, 2.45) is 0 Å². The summed E-state index contributed by atoms with van der Waals surface area (Å²) in [6.07, 6.45) is 1.64. The first-order valence-electron chi connectivity index (χ1n) is 7.46. The summed E-state index contributed by atoms with van der Waals surface area (Å²) in [5.74, 6) is 0.00551. The summed E-state index contributed by atoms with van der Waals surface area (Å²) in [6, 6.07) is 9.88. The number of thioether (sulfide) groups is 1. The van der Waals surface area contributed by atoms with E-state index in [0.29, 0.717) is 15.7 Å². The number of nitriles is 1. The molecule has 0 aliphatic carbocycles. The zero-order chi connectivity index (χ0) is 17.8. The summed E-state index contributed by atoms with van der Waals surface area (Å²) >= 11 is 2.64. The van der Waals surface area contributed by atoms with Gasteiger partial charge in [-0.3, -0.25) is 9.36 Å². The van der Waals surface area contributed by atoms with Crippen LogP contribution < -0.4 is 5.32 Å². The van der Waals surface area contributed by atoms with Crippen molar-refractivity contribution >= 4 is 34.0 Å². The molecule has 0 saturated carbocycles. The lowest BCUT2D eigenvalue weighted by molar-refractivity contribution is -0.113. The number of carbonyl (C=O) groups is 1. The van der Waals surface area contributed by atoms with Crippen molar-refractivity contribution in [3.63, 3.8) is 0 Å². The molecule has 0 aliphatic heterocycles. The average molecular weight is 369 g/mol. The number of nitrogens with zero attached hydrogens (tertiary/aromatic N) is 4. The summed E-state index contributed by atoms with van der Waals surface area (Å²) in [7, 11) is 0. The molecular formula is C17H15N5OS2. The molecule has 25 heavy (non-hydrogen) atoms. The molecule has 2 aromatic heterocycles. The van der Waals surface area contributed by atoms with Gasteiger partial charge in [-0.05, 0) is 36.9 Å². The van der Waals surface area contributed by atoms with Gasteiger partial charge in [0.05, 0.1) is 17.0 Å². The molecule has 0 bridgehead atoms. The van der Waals surface area contributed by atoms with Gasteiger partial charge in [0.25, 0.3) is 0 Å². The van der Waals surface area contributed by atoms with Gasteiger partial charge in [-0.1, -0.05) is 29.5 Å². The van der Waals surface area contributed by atoms with Crippen LogP contribution in [0.1, 0.15) is 16.7 Å². The molecule has 0 saturated heterocycles. The highest BCUT2D eigenvalue weighted by Crippen LogP contribution is 2.25. The molecule has 1 amide bonds. The minimum absolute atomic E-state index is 0.181. The lowest BCUT2D eigenvalue weighted by Gasteiger charge is -2.10. The van der Waals surface area contributed by atoms with Gasteiger partial charge in [0.2, 0.25) is 5.91 Å². The second kappa shape index (κ2) is 7.51. The van der Waals surface area contributed by atoms with Crippen LogP contribution in [0.3, 0.4) is 0 Å². The van der Waals surface area contributed by atoms with Crippen LogP contribution in [0.25, 0.3) is 5.69 Å². The van der Waals surface area contributed by atoms with Gasteiger partial charge < -0.3 is 5.32 Å². The van der Waals surface area contributed by atoms with Crippen molar-refractivity contribution in [2.45, 2.75) is 19.0 Å². The first-order valence-corrected chi connectivity index (χ1v) is 9.33. The van der Waals surface area contributed by atoms with Crippen molar-refractivity contribution in [3.05, 3.63) is 52.7 Å². The molecule has 0 atom stereocenters. The first kappa shape index (κ1) is 17.2. The Hall–Kier alpha value is -2.63. The van der Waals surface area contributed by atoms with E-state index < -0.39 is 0 Å². The van der Waals surface area contributed by atoms with E-state index in [1.807, 2.05) is 30.5 Å². The number of rotatable bonds is 5. The molecule has 0 aliphatic rings. The second-order valence-electron chi connectivity index (χ2n) is 5.39. The van der Waals surface area contributed by atoms with Gasteiger partial charge in [-0.2, -0.15) is 5.26 Å². The van der Waals surface area contributed by atoms with E-state index >= 15 is 0 Å². The highest BCUT2D eigenvalue weighted by molar-refractivity contribution is 7.99. The number of aromatic nitrogens is 3. The Morgan fingerprint density at radius 1 is 1.40 bits per heavy atom. The summed E-state index contributed by atoms with van der Waals surface area (Å²) in [5, 5.41) is 22.8. The fourth-order valence-corrected chi connectivity index (χ4v) is 3.83. The molecule has 3 aromatic rings. The molecule has 1 N–H and O–H groups in total. The third kappa shape index (κ3) is 3.90. The highest BCUT2D eigenvalue weighted by Gasteiger charge is 2.13. The van der Waals surface area contributed by atoms with Crippen LogP contribution in [0.4, 0.5) is 5.00 Å². The molecule has 0 unspecified atom stereocenters. The van der Waals surface area contributed by atoms with E-state index in [4.69, 9.17) is 5.26 Å². The third-order valence-corrected chi connectivity index (χ3v) is 5.27. The van der Waals surface area contributed by atoms with Crippen LogP contribution in [0.15, 0.2) is 41.1 Å². The van der Waals surface area contributed by atoms with Crippen molar-refractivity contribution in [1.82, 2.24) is 14.8 Å². The molecular weight excluding hydrogens is 354 g/mol. The number of anilines is 1. The predicted octanol–water partition coefficient (Wildman–Crippen LogP) is 3.55. The van der Waals surface area contributed by atoms with Gasteiger partial charge >= 0.3 is 0 Å². The van der Waals surface area contributed by atoms with Gasteiger partial charge in [-0.15, -0.1) is 21.5 Å². The minimum atomic E-state index is -0.181. The molecule has 0 radical (unpaired) electrons. The Morgan fingerprint density at radius 2 is 2.24 bits per heavy atom. The van der Waals surface area contributed by atoms with E-state index in [1.54, 1.807) is 17.8 Å². The Kier molecular flexibility index (Phi) is 5.16. The average Bonchev–Trinajstić information content (AvgIpc) is 3.22. The number of nitrogens with one attached hydrogen (secondary N) is 1. The van der Waals surface area contributed by atoms with Gasteiger partial charge in [0.1, 0.15) is 17.4 Å². The predicted molar refractivity (Wildman–Crippen MR) is 99.2 cm³/mol. The topological polar surface area (TPSA) is 83.6 Å². The largest absolute Gasteiger partial charge is 0.316 e. The van der Waals surface area contributed by atoms with Crippen molar-refractivity contribution in [3.8, 4) is 11.8 Å². The van der Waals surface area contributed by atoms with Crippen LogP contribution in [-0.4, -0.2) is 26.4 Å². The Bertz CT molecular complexity index is 954. The number of amides is 1. The third-order valence-electron chi connectivity index (χ3n) is 3.50. The number of hydrogen-bond donors (Lipinski definition) is 1. The van der Waals surface area contributed by atoms with Gasteiger partial charge in [0, 0.05) is 0 Å². The van der Waals surface area contributed by atoms with Crippen molar-refractivity contribution < 1.29 is 4.79 Å². The normalized spacial score (nSPS) is 10.4. The zero-order valence-electron chi connectivity index (χ0n) is 13.7. The number of aryl methyl sites for hydroxylation is 2.